The van der Waals surface area contributed by atoms with Crippen molar-refractivity contribution >= 4 is 29.9 Å². The van der Waals surface area contributed by atoms with Crippen molar-refractivity contribution < 1.29 is 9.31 Å². The van der Waals surface area contributed by atoms with E-state index in [0.29, 0.717) is 5.75 Å². The van der Waals surface area contributed by atoms with Gasteiger partial charge in [-0.05, 0) is 6.07 Å². The number of nitrogens with zero attached hydrogens (tertiary/aromatic N) is 1. The molecule has 1 rings (SSSR count). The largest absolute Gasteiger partial charge is 0.306 e. The molecule has 0 fully saturated rings. The molecule has 6 heteroatoms. The zero-order valence-electron chi connectivity index (χ0n) is 7.33. The summed E-state index contributed by atoms with van der Waals surface area (Å²) in [4.78, 5) is 9.52. The molecule has 0 amide bonds. The predicted octanol–water partition coefficient (Wildman–Crippen LogP) is 2.67. The molecule has 0 spiro atoms. The minimum atomic E-state index is -0.951. The highest BCUT2D eigenvalue weighted by molar-refractivity contribution is 7.80. The second-order valence-electron chi connectivity index (χ2n) is 2.50. The minimum Gasteiger partial charge on any atom is -0.258 e. The first-order valence-electron chi connectivity index (χ1n) is 3.79. The van der Waals surface area contributed by atoms with E-state index < -0.39 is 16.4 Å². The summed E-state index contributed by atoms with van der Waals surface area (Å²) in [5, 5.41) is 10.4. The highest BCUT2D eigenvalue weighted by Gasteiger charge is 2.16. The molecule has 3 nitrogen and oxygen atoms in total. The van der Waals surface area contributed by atoms with Gasteiger partial charge in [0.25, 0.3) is 0 Å². The number of rotatable bonds is 1. The molecule has 0 saturated carbocycles. The van der Waals surface area contributed by atoms with E-state index in [-0.39, 0.29) is 10.6 Å². The fourth-order valence-corrected chi connectivity index (χ4v) is 1.19. The van der Waals surface area contributed by atoms with Crippen molar-refractivity contribution in [3.8, 4) is 11.8 Å². The van der Waals surface area contributed by atoms with Crippen molar-refractivity contribution in [3.63, 3.8) is 0 Å². The van der Waals surface area contributed by atoms with Crippen molar-refractivity contribution in [3.05, 3.63) is 38.7 Å². The van der Waals surface area contributed by atoms with E-state index in [1.807, 2.05) is 0 Å². The monoisotopic (exact) mass is 245 g/mol. The van der Waals surface area contributed by atoms with Crippen LogP contribution in [0.25, 0.3) is 0 Å². The van der Waals surface area contributed by atoms with Crippen LogP contribution < -0.4 is 0 Å². The van der Waals surface area contributed by atoms with Gasteiger partial charge >= 0.3 is 5.69 Å². The smallest absolute Gasteiger partial charge is 0.258 e. The molecule has 1 aromatic rings. The maximum absolute atomic E-state index is 13.1. The molecule has 0 N–H and O–H groups in total. The lowest BCUT2D eigenvalue weighted by molar-refractivity contribution is -0.387. The third kappa shape index (κ3) is 2.85. The average Bonchev–Trinajstić information content (AvgIpc) is 2.18. The first-order chi connectivity index (χ1) is 7.06. The number of benzene rings is 1. The third-order valence-electron chi connectivity index (χ3n) is 1.54. The Morgan fingerprint density at radius 1 is 1.60 bits per heavy atom. The number of nitro benzene ring substituents is 1. The summed E-state index contributed by atoms with van der Waals surface area (Å²) in [6.45, 7) is 0. The summed E-state index contributed by atoms with van der Waals surface area (Å²) < 4.78 is 13.1. The summed E-state index contributed by atoms with van der Waals surface area (Å²) in [5.74, 6) is 4.47. The van der Waals surface area contributed by atoms with Crippen molar-refractivity contribution in [1.29, 1.82) is 0 Å². The number of hydrogen-bond donors (Lipinski definition) is 1. The molecule has 0 aromatic heterocycles. The summed E-state index contributed by atoms with van der Waals surface area (Å²) in [5.41, 5.74) is -0.440. The fourth-order valence-electron chi connectivity index (χ4n) is 0.907. The summed E-state index contributed by atoms with van der Waals surface area (Å²) in [6.07, 6.45) is 0. The third-order valence-corrected chi connectivity index (χ3v) is 2.01. The normalized spacial score (nSPS) is 9.27. The van der Waals surface area contributed by atoms with Crippen LogP contribution in [-0.2, 0) is 0 Å². The quantitative estimate of drug-likeness (QED) is 0.358. The number of halogens is 2. The van der Waals surface area contributed by atoms with Gasteiger partial charge in [-0.15, -0.1) is 0 Å². The van der Waals surface area contributed by atoms with Gasteiger partial charge in [0, 0.05) is 11.6 Å². The van der Waals surface area contributed by atoms with Crippen LogP contribution in [-0.4, -0.2) is 10.7 Å². The Balaban J connectivity index is 3.25. The van der Waals surface area contributed by atoms with E-state index in [1.165, 1.54) is 0 Å². The lowest BCUT2D eigenvalue weighted by Crippen LogP contribution is -1.93. The Kier molecular flexibility index (Phi) is 3.95. The van der Waals surface area contributed by atoms with Gasteiger partial charge in [0.1, 0.15) is 0 Å². The number of nitro groups is 1. The molecule has 0 aliphatic heterocycles. The number of hydrogen-bond acceptors (Lipinski definition) is 3. The Morgan fingerprint density at radius 2 is 2.27 bits per heavy atom. The topological polar surface area (TPSA) is 43.1 Å². The average molecular weight is 246 g/mol. The highest BCUT2D eigenvalue weighted by atomic mass is 35.5. The lowest BCUT2D eigenvalue weighted by atomic mass is 10.2. The Morgan fingerprint density at radius 3 is 2.80 bits per heavy atom. The van der Waals surface area contributed by atoms with E-state index in [2.05, 4.69) is 24.5 Å². The van der Waals surface area contributed by atoms with Crippen LogP contribution in [0.4, 0.5) is 10.1 Å². The van der Waals surface area contributed by atoms with Gasteiger partial charge in [-0.25, -0.2) is 0 Å². The van der Waals surface area contributed by atoms with Crippen molar-refractivity contribution in [2.45, 2.75) is 0 Å². The molecule has 15 heavy (non-hydrogen) atoms. The molecule has 0 saturated heterocycles. The van der Waals surface area contributed by atoms with Gasteiger partial charge in [0.15, 0.2) is 0 Å². The Hall–Kier alpha value is -1.25. The van der Waals surface area contributed by atoms with E-state index in [0.717, 1.165) is 12.1 Å². The second kappa shape index (κ2) is 5.01. The molecule has 78 valence electrons. The van der Waals surface area contributed by atoms with Crippen molar-refractivity contribution in [2.24, 2.45) is 0 Å². The van der Waals surface area contributed by atoms with E-state index in [1.54, 1.807) is 0 Å². The van der Waals surface area contributed by atoms with Gasteiger partial charge in [-0.3, -0.25) is 10.1 Å². The first-order valence-corrected chi connectivity index (χ1v) is 4.80. The summed E-state index contributed by atoms with van der Waals surface area (Å²) in [7, 11) is 0. The molecule has 1 aromatic carbocycles. The molecular formula is C9H5ClFNO2S. The highest BCUT2D eigenvalue weighted by Crippen LogP contribution is 2.25. The maximum atomic E-state index is 13.1. The molecule has 0 unspecified atom stereocenters. The summed E-state index contributed by atoms with van der Waals surface area (Å²) in [6, 6.07) is 1.89. The van der Waals surface area contributed by atoms with Crippen LogP contribution in [0.3, 0.4) is 0 Å². The van der Waals surface area contributed by atoms with Crippen molar-refractivity contribution in [2.75, 3.05) is 5.75 Å². The molecule has 0 bridgehead atoms. The molecular weight excluding hydrogens is 241 g/mol. The Labute approximate surface area is 95.8 Å². The first kappa shape index (κ1) is 11.8. The van der Waals surface area contributed by atoms with Crippen LogP contribution in [0.1, 0.15) is 5.56 Å². The van der Waals surface area contributed by atoms with E-state index in [9.17, 15) is 14.5 Å². The standard InChI is InChI=1S/C9H5ClFNO2S/c10-7-5-9(12(13)14)8(11)4-6(7)2-1-3-15/h4-5,15H,3H2. The van der Waals surface area contributed by atoms with Crippen LogP contribution in [0.15, 0.2) is 12.1 Å². The maximum Gasteiger partial charge on any atom is 0.306 e. The van der Waals surface area contributed by atoms with Gasteiger partial charge in [-0.1, -0.05) is 23.4 Å². The Bertz CT molecular complexity index is 467. The van der Waals surface area contributed by atoms with Gasteiger partial charge in [0.2, 0.25) is 5.82 Å². The molecule has 0 aliphatic rings. The van der Waals surface area contributed by atoms with E-state index in [4.69, 9.17) is 11.6 Å². The molecule has 0 atom stereocenters. The molecule has 0 heterocycles. The van der Waals surface area contributed by atoms with Crippen LogP contribution in [0, 0.1) is 27.8 Å². The van der Waals surface area contributed by atoms with Gasteiger partial charge in [-0.2, -0.15) is 17.0 Å². The lowest BCUT2D eigenvalue weighted by Gasteiger charge is -1.97. The van der Waals surface area contributed by atoms with E-state index >= 15 is 0 Å². The van der Waals surface area contributed by atoms with Gasteiger partial charge < -0.3 is 0 Å². The predicted molar refractivity (Wildman–Crippen MR) is 58.8 cm³/mol. The van der Waals surface area contributed by atoms with Crippen LogP contribution in [0.5, 0.6) is 0 Å². The zero-order chi connectivity index (χ0) is 11.4. The zero-order valence-corrected chi connectivity index (χ0v) is 8.98. The SMILES string of the molecule is O=[N+]([O-])c1cc(Cl)c(C#CCS)cc1F. The number of thiol groups is 1. The van der Waals surface area contributed by atoms with Crippen LogP contribution >= 0.6 is 24.2 Å². The molecule has 0 aliphatic carbocycles. The molecule has 0 radical (unpaired) electrons. The summed E-state index contributed by atoms with van der Waals surface area (Å²) >= 11 is 9.53. The van der Waals surface area contributed by atoms with Crippen molar-refractivity contribution in [1.82, 2.24) is 0 Å². The van der Waals surface area contributed by atoms with Gasteiger partial charge in [0.05, 0.1) is 15.7 Å². The fraction of sp³-hybridized carbons (Fsp3) is 0.111. The minimum absolute atomic E-state index is 0.0531. The second-order valence-corrected chi connectivity index (χ2v) is 3.22. The van der Waals surface area contributed by atoms with Crippen LogP contribution in [0.2, 0.25) is 5.02 Å².